The Morgan fingerprint density at radius 3 is 1.00 bits per heavy atom. The smallest absolute Gasteiger partial charge is 0 e. The van der Waals surface area contributed by atoms with Crippen molar-refractivity contribution < 1.29 is 16.5 Å². The third-order valence-corrected chi connectivity index (χ3v) is 1.33. The van der Waals surface area contributed by atoms with E-state index in [1.807, 2.05) is 0 Å². The van der Waals surface area contributed by atoms with Gasteiger partial charge in [0, 0.05) is 16.5 Å². The van der Waals surface area contributed by atoms with Gasteiger partial charge in [0.1, 0.15) is 0 Å². The monoisotopic (exact) mass is 166 g/mol. The second-order valence-corrected chi connectivity index (χ2v) is 2.10. The van der Waals surface area contributed by atoms with E-state index in [-0.39, 0.29) is 16.5 Å². The molecule has 0 atom stereocenters. The van der Waals surface area contributed by atoms with Crippen molar-refractivity contribution in [2.45, 2.75) is 25.7 Å². The fourth-order valence-electron chi connectivity index (χ4n) is 0.856. The summed E-state index contributed by atoms with van der Waals surface area (Å²) in [7, 11) is 0. The molecular formula is C8H12Ni. The van der Waals surface area contributed by atoms with E-state index in [1.54, 1.807) is 0 Å². The van der Waals surface area contributed by atoms with E-state index in [0.29, 0.717) is 0 Å². The fourth-order valence-corrected chi connectivity index (χ4v) is 0.856. The van der Waals surface area contributed by atoms with Gasteiger partial charge in [-0.25, -0.2) is 0 Å². The molecule has 0 radical (unpaired) electrons. The molecule has 0 N–H and O–H groups in total. The Labute approximate surface area is 67.0 Å². The molecule has 1 aliphatic rings. The van der Waals surface area contributed by atoms with Crippen molar-refractivity contribution in [3.63, 3.8) is 0 Å². The first-order valence-corrected chi connectivity index (χ1v) is 3.30. The number of allylic oxidation sites excluding steroid dienone is 4. The maximum Gasteiger partial charge on any atom is 0 e. The normalized spacial score (nSPS) is 17.8. The molecule has 0 aliphatic heterocycles. The largest absolute Gasteiger partial charge is 0.0882 e. The summed E-state index contributed by atoms with van der Waals surface area (Å²) in [5.74, 6) is 0. The zero-order chi connectivity index (χ0) is 5.66. The standard InChI is InChI=1S/C8H12.Ni/c1-2-4-6-8-7-5-3-1;/h1-2,7-8H,3-6H2;. The van der Waals surface area contributed by atoms with Gasteiger partial charge >= 0.3 is 0 Å². The summed E-state index contributed by atoms with van der Waals surface area (Å²) < 4.78 is 0. The maximum atomic E-state index is 2.27. The first-order valence-electron chi connectivity index (χ1n) is 3.30. The van der Waals surface area contributed by atoms with Crippen LogP contribution in [0.1, 0.15) is 25.7 Å². The van der Waals surface area contributed by atoms with Crippen molar-refractivity contribution in [2.75, 3.05) is 0 Å². The molecule has 0 aromatic heterocycles. The Bertz CT molecular complexity index is 77.1. The van der Waals surface area contributed by atoms with Gasteiger partial charge < -0.3 is 0 Å². The molecule has 1 heteroatoms. The minimum absolute atomic E-state index is 0. The average molecular weight is 167 g/mol. The van der Waals surface area contributed by atoms with Gasteiger partial charge in [-0.3, -0.25) is 0 Å². The Balaban J connectivity index is 0.000000640. The summed E-state index contributed by atoms with van der Waals surface area (Å²) in [6, 6.07) is 0. The summed E-state index contributed by atoms with van der Waals surface area (Å²) in [4.78, 5) is 0. The summed E-state index contributed by atoms with van der Waals surface area (Å²) in [6.07, 6.45) is 14.0. The van der Waals surface area contributed by atoms with Crippen molar-refractivity contribution in [1.82, 2.24) is 0 Å². The van der Waals surface area contributed by atoms with Crippen LogP contribution in [-0.2, 0) is 16.5 Å². The van der Waals surface area contributed by atoms with Crippen LogP contribution in [0.25, 0.3) is 0 Å². The van der Waals surface area contributed by atoms with Crippen LogP contribution in [0.2, 0.25) is 0 Å². The zero-order valence-corrected chi connectivity index (χ0v) is 6.44. The van der Waals surface area contributed by atoms with Gasteiger partial charge in [-0.1, -0.05) is 24.3 Å². The molecule has 0 saturated carbocycles. The molecule has 0 nitrogen and oxygen atoms in total. The molecular weight excluding hydrogens is 155 g/mol. The van der Waals surface area contributed by atoms with Crippen LogP contribution in [0.4, 0.5) is 0 Å². The minimum atomic E-state index is 0. The second-order valence-electron chi connectivity index (χ2n) is 2.10. The van der Waals surface area contributed by atoms with Gasteiger partial charge in [-0.15, -0.1) is 0 Å². The van der Waals surface area contributed by atoms with E-state index in [9.17, 15) is 0 Å². The molecule has 0 spiro atoms. The third kappa shape index (κ3) is 4.48. The summed E-state index contributed by atoms with van der Waals surface area (Å²) in [5, 5.41) is 0. The molecule has 0 aromatic rings. The molecule has 0 fully saturated rings. The maximum absolute atomic E-state index is 2.27. The van der Waals surface area contributed by atoms with Gasteiger partial charge in [0.2, 0.25) is 0 Å². The Morgan fingerprint density at radius 2 is 0.778 bits per heavy atom. The van der Waals surface area contributed by atoms with Gasteiger partial charge in [0.05, 0.1) is 0 Å². The molecule has 0 heterocycles. The van der Waals surface area contributed by atoms with Crippen LogP contribution in [-0.4, -0.2) is 0 Å². The molecule has 0 bridgehead atoms. The van der Waals surface area contributed by atoms with Gasteiger partial charge in [0.15, 0.2) is 0 Å². The van der Waals surface area contributed by atoms with Crippen molar-refractivity contribution >= 4 is 0 Å². The summed E-state index contributed by atoms with van der Waals surface area (Å²) in [5.41, 5.74) is 0. The molecule has 0 unspecified atom stereocenters. The number of hydrogen-bond acceptors (Lipinski definition) is 0. The molecule has 0 amide bonds. The Hall–Kier alpha value is -0.0265. The predicted octanol–water partition coefficient (Wildman–Crippen LogP) is 2.67. The van der Waals surface area contributed by atoms with Gasteiger partial charge in [-0.05, 0) is 25.7 Å². The van der Waals surface area contributed by atoms with Crippen LogP contribution in [0.3, 0.4) is 0 Å². The Kier molecular flexibility index (Phi) is 6.08. The van der Waals surface area contributed by atoms with E-state index in [1.165, 1.54) is 25.7 Å². The molecule has 1 rings (SSSR count). The third-order valence-electron chi connectivity index (χ3n) is 1.33. The van der Waals surface area contributed by atoms with E-state index in [0.717, 1.165) is 0 Å². The molecule has 1 aliphatic carbocycles. The molecule has 0 saturated heterocycles. The van der Waals surface area contributed by atoms with Gasteiger partial charge in [-0.2, -0.15) is 0 Å². The molecule has 54 valence electrons. The first-order chi connectivity index (χ1) is 4.00. The zero-order valence-electron chi connectivity index (χ0n) is 5.45. The topological polar surface area (TPSA) is 0 Å². The van der Waals surface area contributed by atoms with Crippen LogP contribution in [0.5, 0.6) is 0 Å². The first kappa shape index (κ1) is 8.97. The minimum Gasteiger partial charge on any atom is -0.0882 e. The van der Waals surface area contributed by atoms with Crippen molar-refractivity contribution in [3.8, 4) is 0 Å². The van der Waals surface area contributed by atoms with Crippen LogP contribution in [0, 0.1) is 0 Å². The quantitative estimate of drug-likeness (QED) is 0.384. The van der Waals surface area contributed by atoms with E-state index in [4.69, 9.17) is 0 Å². The fraction of sp³-hybridized carbons (Fsp3) is 0.500. The van der Waals surface area contributed by atoms with Crippen molar-refractivity contribution in [2.24, 2.45) is 0 Å². The average Bonchev–Trinajstić information content (AvgIpc) is 1.62. The second kappa shape index (κ2) is 6.10. The van der Waals surface area contributed by atoms with Crippen molar-refractivity contribution in [3.05, 3.63) is 24.3 Å². The van der Waals surface area contributed by atoms with Crippen molar-refractivity contribution in [1.29, 1.82) is 0 Å². The van der Waals surface area contributed by atoms with Crippen LogP contribution >= 0.6 is 0 Å². The Morgan fingerprint density at radius 1 is 0.556 bits per heavy atom. The van der Waals surface area contributed by atoms with E-state index >= 15 is 0 Å². The van der Waals surface area contributed by atoms with Crippen LogP contribution in [0.15, 0.2) is 24.3 Å². The molecule has 9 heavy (non-hydrogen) atoms. The SMILES string of the molecule is C1=CCCC=CCC1.[Ni]. The number of rotatable bonds is 0. The van der Waals surface area contributed by atoms with E-state index in [2.05, 4.69) is 24.3 Å². The summed E-state index contributed by atoms with van der Waals surface area (Å²) in [6.45, 7) is 0. The van der Waals surface area contributed by atoms with E-state index < -0.39 is 0 Å². The van der Waals surface area contributed by atoms with Gasteiger partial charge in [0.25, 0.3) is 0 Å². The predicted molar refractivity (Wildman–Crippen MR) is 36.7 cm³/mol. The summed E-state index contributed by atoms with van der Waals surface area (Å²) >= 11 is 0. The van der Waals surface area contributed by atoms with Crippen LogP contribution < -0.4 is 0 Å². The molecule has 0 aromatic carbocycles. The number of hydrogen-bond donors (Lipinski definition) is 0.